The minimum absolute atomic E-state index is 0.219. The SMILES string of the molecule is Cc1ccc(S(=O)(=O)N2CC3CC2CS3)cc1. The number of sulfonamides is 1. The van der Waals surface area contributed by atoms with Crippen molar-refractivity contribution in [1.82, 2.24) is 4.31 Å². The largest absolute Gasteiger partial charge is 0.243 e. The third-order valence-electron chi connectivity index (χ3n) is 3.48. The predicted molar refractivity (Wildman–Crippen MR) is 69.7 cm³/mol. The van der Waals surface area contributed by atoms with E-state index in [0.29, 0.717) is 16.7 Å². The Bertz CT molecular complexity index is 524. The van der Waals surface area contributed by atoms with Crippen LogP contribution in [0.25, 0.3) is 0 Å². The second-order valence-electron chi connectivity index (χ2n) is 4.73. The second kappa shape index (κ2) is 4.00. The van der Waals surface area contributed by atoms with Gasteiger partial charge < -0.3 is 0 Å². The van der Waals surface area contributed by atoms with Gasteiger partial charge in [-0.05, 0) is 25.5 Å². The van der Waals surface area contributed by atoms with Gasteiger partial charge in [-0.1, -0.05) is 17.7 Å². The molecular formula is C12H15NO2S2. The monoisotopic (exact) mass is 269 g/mol. The zero-order valence-electron chi connectivity index (χ0n) is 9.67. The second-order valence-corrected chi connectivity index (χ2v) is 7.96. The van der Waals surface area contributed by atoms with Crippen LogP contribution in [0.1, 0.15) is 12.0 Å². The van der Waals surface area contributed by atoms with E-state index in [-0.39, 0.29) is 6.04 Å². The van der Waals surface area contributed by atoms with Crippen molar-refractivity contribution in [2.45, 2.75) is 29.5 Å². The van der Waals surface area contributed by atoms with Crippen molar-refractivity contribution in [2.24, 2.45) is 0 Å². The van der Waals surface area contributed by atoms with Gasteiger partial charge in [-0.25, -0.2) is 8.42 Å². The number of benzene rings is 1. The number of thioether (sulfide) groups is 1. The van der Waals surface area contributed by atoms with E-state index in [1.54, 1.807) is 16.4 Å². The van der Waals surface area contributed by atoms with Crippen molar-refractivity contribution >= 4 is 21.8 Å². The van der Waals surface area contributed by atoms with E-state index in [1.807, 2.05) is 30.8 Å². The van der Waals surface area contributed by atoms with Crippen LogP contribution < -0.4 is 0 Å². The van der Waals surface area contributed by atoms with Crippen molar-refractivity contribution in [3.05, 3.63) is 29.8 Å². The van der Waals surface area contributed by atoms with Gasteiger partial charge in [-0.3, -0.25) is 0 Å². The van der Waals surface area contributed by atoms with Crippen molar-refractivity contribution in [3.63, 3.8) is 0 Å². The van der Waals surface area contributed by atoms with E-state index in [4.69, 9.17) is 0 Å². The van der Waals surface area contributed by atoms with Gasteiger partial charge in [0.1, 0.15) is 0 Å². The molecule has 3 rings (SSSR count). The van der Waals surface area contributed by atoms with Gasteiger partial charge in [-0.15, -0.1) is 0 Å². The zero-order valence-corrected chi connectivity index (χ0v) is 11.3. The topological polar surface area (TPSA) is 37.4 Å². The summed E-state index contributed by atoms with van der Waals surface area (Å²) in [6.45, 7) is 2.65. The summed E-state index contributed by atoms with van der Waals surface area (Å²) < 4.78 is 26.6. The Morgan fingerprint density at radius 2 is 2.00 bits per heavy atom. The molecule has 17 heavy (non-hydrogen) atoms. The van der Waals surface area contributed by atoms with E-state index in [0.717, 1.165) is 17.7 Å². The summed E-state index contributed by atoms with van der Waals surface area (Å²) in [5.41, 5.74) is 1.09. The van der Waals surface area contributed by atoms with Crippen LogP contribution in [-0.2, 0) is 10.0 Å². The summed E-state index contributed by atoms with van der Waals surface area (Å²) in [6.07, 6.45) is 1.02. The summed E-state index contributed by atoms with van der Waals surface area (Å²) in [5, 5.41) is 0.514. The molecular weight excluding hydrogens is 254 g/mol. The fourth-order valence-electron chi connectivity index (χ4n) is 2.50. The van der Waals surface area contributed by atoms with Crippen LogP contribution in [0.15, 0.2) is 29.2 Å². The number of aryl methyl sites for hydroxylation is 1. The molecule has 2 saturated heterocycles. The first-order valence-corrected chi connectivity index (χ1v) is 8.26. The van der Waals surface area contributed by atoms with Gasteiger partial charge in [0.25, 0.3) is 0 Å². The van der Waals surface area contributed by atoms with Crippen molar-refractivity contribution < 1.29 is 8.42 Å². The highest BCUT2D eigenvalue weighted by atomic mass is 32.2. The van der Waals surface area contributed by atoms with Crippen molar-refractivity contribution in [2.75, 3.05) is 12.3 Å². The van der Waals surface area contributed by atoms with Gasteiger partial charge in [-0.2, -0.15) is 16.1 Å². The van der Waals surface area contributed by atoms with Crippen LogP contribution in [0, 0.1) is 6.92 Å². The van der Waals surface area contributed by atoms with Crippen molar-refractivity contribution in [3.8, 4) is 0 Å². The molecule has 2 unspecified atom stereocenters. The first-order chi connectivity index (χ1) is 8.07. The molecule has 92 valence electrons. The first kappa shape index (κ1) is 11.6. The zero-order chi connectivity index (χ0) is 12.0. The van der Waals surface area contributed by atoms with E-state index in [1.165, 1.54) is 0 Å². The Morgan fingerprint density at radius 1 is 1.29 bits per heavy atom. The lowest BCUT2D eigenvalue weighted by atomic mass is 10.2. The lowest BCUT2D eigenvalue weighted by Crippen LogP contribution is -2.39. The van der Waals surface area contributed by atoms with Gasteiger partial charge in [0.05, 0.1) is 4.90 Å². The Kier molecular flexibility index (Phi) is 2.72. The van der Waals surface area contributed by atoms with Crippen LogP contribution in [0.2, 0.25) is 0 Å². The third kappa shape index (κ3) is 1.90. The van der Waals surface area contributed by atoms with Crippen LogP contribution in [-0.4, -0.2) is 36.3 Å². The Morgan fingerprint density at radius 3 is 2.53 bits per heavy atom. The summed E-state index contributed by atoms with van der Waals surface area (Å²) in [4.78, 5) is 0.431. The molecule has 0 aromatic heterocycles. The highest BCUT2D eigenvalue weighted by Crippen LogP contribution is 2.40. The fraction of sp³-hybridized carbons (Fsp3) is 0.500. The van der Waals surface area contributed by atoms with Crippen molar-refractivity contribution in [1.29, 1.82) is 0 Å². The van der Waals surface area contributed by atoms with Gasteiger partial charge in [0.15, 0.2) is 0 Å². The highest BCUT2D eigenvalue weighted by molar-refractivity contribution is 8.00. The Balaban J connectivity index is 1.93. The van der Waals surface area contributed by atoms with E-state index in [9.17, 15) is 8.42 Å². The smallest absolute Gasteiger partial charge is 0.207 e. The predicted octanol–water partition coefficient (Wildman–Crippen LogP) is 1.87. The molecule has 2 aliphatic rings. The summed E-state index contributed by atoms with van der Waals surface area (Å²) in [7, 11) is -3.27. The summed E-state index contributed by atoms with van der Waals surface area (Å²) >= 11 is 1.90. The molecule has 0 aliphatic carbocycles. The molecule has 0 amide bonds. The first-order valence-electron chi connectivity index (χ1n) is 5.77. The average molecular weight is 269 g/mol. The maximum Gasteiger partial charge on any atom is 0.243 e. The minimum Gasteiger partial charge on any atom is -0.207 e. The van der Waals surface area contributed by atoms with Gasteiger partial charge in [0, 0.05) is 23.6 Å². The summed E-state index contributed by atoms with van der Waals surface area (Å²) in [5.74, 6) is 0.954. The molecule has 0 N–H and O–H groups in total. The van der Waals surface area contributed by atoms with Gasteiger partial charge in [0.2, 0.25) is 10.0 Å². The molecule has 0 saturated carbocycles. The van der Waals surface area contributed by atoms with Crippen LogP contribution in [0.5, 0.6) is 0 Å². The van der Waals surface area contributed by atoms with Crippen LogP contribution in [0.3, 0.4) is 0 Å². The van der Waals surface area contributed by atoms with Crippen LogP contribution in [0.4, 0.5) is 0 Å². The third-order valence-corrected chi connectivity index (χ3v) is 6.80. The standard InChI is InChI=1S/C12H15NO2S2/c1-9-2-4-12(5-3-9)17(14,15)13-7-11-6-10(13)8-16-11/h2-5,10-11H,6-8H2,1H3. The number of hydrogen-bond donors (Lipinski definition) is 0. The quantitative estimate of drug-likeness (QED) is 0.822. The maximum atomic E-state index is 12.5. The maximum absolute atomic E-state index is 12.5. The molecule has 0 spiro atoms. The van der Waals surface area contributed by atoms with E-state index >= 15 is 0 Å². The number of fused-ring (bicyclic) bond motifs is 2. The van der Waals surface area contributed by atoms with Gasteiger partial charge >= 0.3 is 0 Å². The minimum atomic E-state index is -3.27. The molecule has 1 aromatic rings. The average Bonchev–Trinajstić information content (AvgIpc) is 2.91. The normalized spacial score (nSPS) is 28.8. The molecule has 2 heterocycles. The van der Waals surface area contributed by atoms with Crippen LogP contribution >= 0.6 is 11.8 Å². The lowest BCUT2D eigenvalue weighted by Gasteiger charge is -2.25. The Labute approximate surface area is 106 Å². The van der Waals surface area contributed by atoms with E-state index < -0.39 is 10.0 Å². The summed E-state index contributed by atoms with van der Waals surface area (Å²) in [6, 6.07) is 7.36. The molecule has 2 aliphatic heterocycles. The highest BCUT2D eigenvalue weighted by Gasteiger charge is 2.44. The molecule has 2 bridgehead atoms. The molecule has 2 fully saturated rings. The molecule has 5 heteroatoms. The number of nitrogens with zero attached hydrogens (tertiary/aromatic N) is 1. The Hall–Kier alpha value is -0.520. The number of rotatable bonds is 2. The fourth-order valence-corrected chi connectivity index (χ4v) is 5.81. The molecule has 1 aromatic carbocycles. The number of hydrogen-bond acceptors (Lipinski definition) is 3. The molecule has 3 nitrogen and oxygen atoms in total. The molecule has 2 atom stereocenters. The van der Waals surface area contributed by atoms with E-state index in [2.05, 4.69) is 0 Å². The molecule has 0 radical (unpaired) electrons. The lowest BCUT2D eigenvalue weighted by molar-refractivity contribution is 0.410.